The van der Waals surface area contributed by atoms with Crippen LogP contribution >= 0.6 is 11.8 Å². The molecule has 1 fully saturated rings. The van der Waals surface area contributed by atoms with E-state index in [2.05, 4.69) is 5.32 Å². The summed E-state index contributed by atoms with van der Waals surface area (Å²) in [4.78, 5) is 35.4. The Morgan fingerprint density at radius 1 is 1.39 bits per heavy atom. The van der Waals surface area contributed by atoms with Crippen LogP contribution < -0.4 is 5.32 Å². The summed E-state index contributed by atoms with van der Waals surface area (Å²) in [6, 6.07) is 6.13. The molecule has 1 aliphatic heterocycles. The van der Waals surface area contributed by atoms with Crippen LogP contribution in [-0.2, 0) is 4.79 Å². The number of non-ortho nitro benzene ring substituents is 1. The molecule has 1 heterocycles. The summed E-state index contributed by atoms with van der Waals surface area (Å²) in [6.07, 6.45) is 0. The molecule has 0 spiro atoms. The van der Waals surface area contributed by atoms with Crippen molar-refractivity contribution in [1.29, 1.82) is 0 Å². The third-order valence-electron chi connectivity index (χ3n) is 3.68. The maximum absolute atomic E-state index is 12.1. The smallest absolute Gasteiger partial charge is 0.324 e. The molecule has 0 bridgehead atoms. The highest BCUT2D eigenvalue weighted by Crippen LogP contribution is 2.30. The Kier molecular flexibility index (Phi) is 4.93. The topological polar surface area (TPSA) is 92.6 Å². The predicted octanol–water partition coefficient (Wildman–Crippen LogP) is 2.72. The summed E-state index contributed by atoms with van der Waals surface area (Å²) >= 11 is 1.54. The average Bonchev–Trinajstić information content (AvgIpc) is 2.68. The van der Waals surface area contributed by atoms with E-state index in [1.807, 2.05) is 13.0 Å². The fourth-order valence-corrected chi connectivity index (χ4v) is 3.31. The van der Waals surface area contributed by atoms with Crippen molar-refractivity contribution in [2.45, 2.75) is 31.6 Å². The monoisotopic (exact) mass is 337 g/mol. The first-order chi connectivity index (χ1) is 10.7. The number of nitrogens with zero attached hydrogens (tertiary/aromatic N) is 2. The molecule has 1 atom stereocenters. The van der Waals surface area contributed by atoms with Gasteiger partial charge in [0.25, 0.3) is 11.6 Å². The van der Waals surface area contributed by atoms with Crippen molar-refractivity contribution in [3.05, 3.63) is 39.9 Å². The Balaban J connectivity index is 1.91. The summed E-state index contributed by atoms with van der Waals surface area (Å²) in [5, 5.41) is 13.5. The van der Waals surface area contributed by atoms with Gasteiger partial charge < -0.3 is 5.32 Å². The molecule has 23 heavy (non-hydrogen) atoms. The summed E-state index contributed by atoms with van der Waals surface area (Å²) in [5.74, 6) is 0.338. The normalized spacial score (nSPS) is 18.0. The second kappa shape index (κ2) is 6.57. The largest absolute Gasteiger partial charge is 0.325 e. The molecule has 3 amide bonds. The number of benzene rings is 1. The first-order valence-electron chi connectivity index (χ1n) is 7.22. The Labute approximate surface area is 138 Å². The zero-order valence-electron chi connectivity index (χ0n) is 13.2. The van der Waals surface area contributed by atoms with Gasteiger partial charge in [-0.1, -0.05) is 12.1 Å². The number of nitro groups is 1. The van der Waals surface area contributed by atoms with Crippen LogP contribution in [0.15, 0.2) is 24.3 Å². The minimum Gasteiger partial charge on any atom is -0.324 e. The average molecular weight is 337 g/mol. The number of carbonyl (C=O) groups is 2. The lowest BCUT2D eigenvalue weighted by molar-refractivity contribution is -0.384. The molecule has 0 aromatic heterocycles. The first-order valence-corrected chi connectivity index (χ1v) is 8.27. The van der Waals surface area contributed by atoms with Gasteiger partial charge in [-0.05, 0) is 26.3 Å². The Bertz CT molecular complexity index is 647. The number of hydrogen-bond acceptors (Lipinski definition) is 5. The molecule has 1 aliphatic rings. The second-order valence-corrected chi connectivity index (χ2v) is 7.33. The van der Waals surface area contributed by atoms with E-state index in [0.29, 0.717) is 12.3 Å². The van der Waals surface area contributed by atoms with Gasteiger partial charge in [-0.3, -0.25) is 19.8 Å². The second-order valence-electron chi connectivity index (χ2n) is 5.88. The lowest BCUT2D eigenvalue weighted by Crippen LogP contribution is -2.40. The van der Waals surface area contributed by atoms with E-state index < -0.39 is 10.5 Å². The minimum absolute atomic E-state index is 0.0312. The number of nitro benzene ring substituents is 1. The molecule has 1 aromatic carbocycles. The highest BCUT2D eigenvalue weighted by Gasteiger charge is 2.43. The van der Waals surface area contributed by atoms with Gasteiger partial charge >= 0.3 is 6.03 Å². The molecule has 1 N–H and O–H groups in total. The molecule has 0 saturated carbocycles. The van der Waals surface area contributed by atoms with Crippen LogP contribution in [0.25, 0.3) is 0 Å². The van der Waals surface area contributed by atoms with Crippen LogP contribution in [0, 0.1) is 10.1 Å². The number of carbonyl (C=O) groups excluding carboxylic acids is 2. The molecule has 8 heteroatoms. The van der Waals surface area contributed by atoms with Crippen molar-refractivity contribution in [2.24, 2.45) is 0 Å². The van der Waals surface area contributed by atoms with Crippen LogP contribution in [0.1, 0.15) is 31.6 Å². The van der Waals surface area contributed by atoms with Crippen molar-refractivity contribution in [2.75, 3.05) is 12.3 Å². The van der Waals surface area contributed by atoms with Gasteiger partial charge in [0.1, 0.15) is 5.54 Å². The first kappa shape index (κ1) is 17.3. The van der Waals surface area contributed by atoms with Gasteiger partial charge in [0, 0.05) is 29.7 Å². The van der Waals surface area contributed by atoms with Crippen LogP contribution in [-0.4, -0.2) is 39.6 Å². The third kappa shape index (κ3) is 3.82. The van der Waals surface area contributed by atoms with E-state index in [4.69, 9.17) is 0 Å². The molecule has 2 rings (SSSR count). The van der Waals surface area contributed by atoms with Crippen molar-refractivity contribution in [3.8, 4) is 0 Å². The predicted molar refractivity (Wildman–Crippen MR) is 88.3 cm³/mol. The standard InChI is InChI=1S/C15H19N3O4S/c1-10(11-5-4-6-12(9-11)18(21)22)23-8-7-17-13(19)15(2,3)16-14(17)20/h4-6,9-10H,7-8H2,1-3H3,(H,16,20). The maximum Gasteiger partial charge on any atom is 0.325 e. The van der Waals surface area contributed by atoms with Crippen LogP contribution in [0.2, 0.25) is 0 Å². The lowest BCUT2D eigenvalue weighted by atomic mass is 10.1. The molecule has 7 nitrogen and oxygen atoms in total. The van der Waals surface area contributed by atoms with E-state index in [9.17, 15) is 19.7 Å². The number of thioether (sulfide) groups is 1. The zero-order chi connectivity index (χ0) is 17.2. The summed E-state index contributed by atoms with van der Waals surface area (Å²) in [6.45, 7) is 5.61. The Morgan fingerprint density at radius 3 is 2.65 bits per heavy atom. The van der Waals surface area contributed by atoms with Gasteiger partial charge in [0.2, 0.25) is 0 Å². The Morgan fingerprint density at radius 2 is 2.09 bits per heavy atom. The van der Waals surface area contributed by atoms with E-state index in [1.165, 1.54) is 11.0 Å². The van der Waals surface area contributed by atoms with E-state index in [1.54, 1.807) is 37.7 Å². The molecule has 0 aliphatic carbocycles. The number of rotatable bonds is 6. The van der Waals surface area contributed by atoms with Crippen LogP contribution in [0.5, 0.6) is 0 Å². The third-order valence-corrected chi connectivity index (χ3v) is 4.87. The van der Waals surface area contributed by atoms with Crippen LogP contribution in [0.3, 0.4) is 0 Å². The SMILES string of the molecule is CC(SCCN1C(=O)NC(C)(C)C1=O)c1cccc([N+](=O)[O-])c1. The van der Waals surface area contributed by atoms with Gasteiger partial charge in [-0.25, -0.2) is 4.79 Å². The highest BCUT2D eigenvalue weighted by molar-refractivity contribution is 7.99. The van der Waals surface area contributed by atoms with E-state index >= 15 is 0 Å². The maximum atomic E-state index is 12.1. The summed E-state index contributed by atoms with van der Waals surface area (Å²) in [5.41, 5.74) is 0.0560. The van der Waals surface area contributed by atoms with Crippen molar-refractivity contribution in [1.82, 2.24) is 10.2 Å². The molecule has 1 saturated heterocycles. The highest BCUT2D eigenvalue weighted by atomic mass is 32.2. The van der Waals surface area contributed by atoms with Crippen molar-refractivity contribution < 1.29 is 14.5 Å². The van der Waals surface area contributed by atoms with Gasteiger partial charge in [-0.15, -0.1) is 0 Å². The fraction of sp³-hybridized carbons (Fsp3) is 0.467. The van der Waals surface area contributed by atoms with E-state index in [-0.39, 0.29) is 22.9 Å². The minimum atomic E-state index is -0.854. The number of hydrogen-bond donors (Lipinski definition) is 1. The van der Waals surface area contributed by atoms with Gasteiger partial charge in [-0.2, -0.15) is 11.8 Å². The Hall–Kier alpha value is -2.09. The summed E-state index contributed by atoms with van der Waals surface area (Å²) < 4.78 is 0. The van der Waals surface area contributed by atoms with Crippen molar-refractivity contribution >= 4 is 29.4 Å². The van der Waals surface area contributed by atoms with Gasteiger partial charge in [0.15, 0.2) is 0 Å². The molecule has 124 valence electrons. The van der Waals surface area contributed by atoms with Crippen molar-refractivity contribution in [3.63, 3.8) is 0 Å². The molecular formula is C15H19N3O4S. The van der Waals surface area contributed by atoms with Crippen LogP contribution in [0.4, 0.5) is 10.5 Å². The fourth-order valence-electron chi connectivity index (χ4n) is 2.33. The lowest BCUT2D eigenvalue weighted by Gasteiger charge is -2.17. The molecule has 1 unspecified atom stereocenters. The zero-order valence-corrected chi connectivity index (χ0v) is 14.1. The number of imide groups is 1. The summed E-state index contributed by atoms with van der Waals surface area (Å²) in [7, 11) is 0. The quantitative estimate of drug-likeness (QED) is 0.489. The van der Waals surface area contributed by atoms with E-state index in [0.717, 1.165) is 5.56 Å². The molecule has 1 aromatic rings. The molecule has 0 radical (unpaired) electrons. The van der Waals surface area contributed by atoms with Gasteiger partial charge in [0.05, 0.1) is 4.92 Å². The number of urea groups is 1. The number of amides is 3. The number of nitrogens with one attached hydrogen (secondary N) is 1. The molecular weight excluding hydrogens is 318 g/mol.